The molecule has 0 saturated carbocycles. The van der Waals surface area contributed by atoms with Crippen LogP contribution in [0.5, 0.6) is 0 Å². The number of rotatable bonds is 7. The first-order chi connectivity index (χ1) is 10.8. The predicted octanol–water partition coefficient (Wildman–Crippen LogP) is 3.94. The van der Waals surface area contributed by atoms with E-state index in [2.05, 4.69) is 19.6 Å². The van der Waals surface area contributed by atoms with Gasteiger partial charge < -0.3 is 4.43 Å². The van der Waals surface area contributed by atoms with Gasteiger partial charge in [0.2, 0.25) is 0 Å². The van der Waals surface area contributed by atoms with Crippen LogP contribution in [-0.2, 0) is 31.9 Å². The van der Waals surface area contributed by atoms with Crippen molar-refractivity contribution < 1.29 is 17.0 Å². The quantitative estimate of drug-likeness (QED) is 0.560. The first-order valence-electron chi connectivity index (χ1n) is 7.42. The maximum absolute atomic E-state index is 12.0. The number of hydrogen-bond donors (Lipinski definition) is 0. The third kappa shape index (κ3) is 5.91. The van der Waals surface area contributed by atoms with Gasteiger partial charge in [0.05, 0.1) is 18.1 Å². The Hall–Kier alpha value is -1.47. The van der Waals surface area contributed by atoms with Crippen molar-refractivity contribution in [2.45, 2.75) is 37.8 Å². The summed E-state index contributed by atoms with van der Waals surface area (Å²) >= 11 is 0. The average molecular weight is 351 g/mol. The van der Waals surface area contributed by atoms with Gasteiger partial charge in [0.1, 0.15) is 0 Å². The number of hydrogen-bond acceptors (Lipinski definition) is 4. The SMILES string of the molecule is C[Si](C)(C)OCc1ccc(COS(=O)(=O)c2ccccc2)cc1. The fourth-order valence-electron chi connectivity index (χ4n) is 1.83. The molecule has 0 bridgehead atoms. The Labute approximate surface area is 139 Å². The van der Waals surface area contributed by atoms with Crippen molar-refractivity contribution in [3.63, 3.8) is 0 Å². The first kappa shape index (κ1) is 17.9. The summed E-state index contributed by atoms with van der Waals surface area (Å²) in [6.45, 7) is 7.03. The summed E-state index contributed by atoms with van der Waals surface area (Å²) in [6, 6.07) is 15.8. The van der Waals surface area contributed by atoms with Crippen LogP contribution in [0.25, 0.3) is 0 Å². The monoisotopic (exact) mass is 350 g/mol. The molecule has 0 saturated heterocycles. The standard InChI is InChI=1S/C17H22O4SSi/c1-23(2,3)21-14-16-11-9-15(10-12-16)13-20-22(18,19)17-7-5-4-6-8-17/h4-12H,13-14H2,1-3H3. The highest BCUT2D eigenvalue weighted by Gasteiger charge is 2.15. The highest BCUT2D eigenvalue weighted by Crippen LogP contribution is 2.15. The minimum atomic E-state index is -3.72. The molecule has 2 aromatic carbocycles. The van der Waals surface area contributed by atoms with Crippen LogP contribution >= 0.6 is 0 Å². The van der Waals surface area contributed by atoms with Crippen molar-refractivity contribution in [2.24, 2.45) is 0 Å². The van der Waals surface area contributed by atoms with Crippen LogP contribution in [0.4, 0.5) is 0 Å². The van der Waals surface area contributed by atoms with Gasteiger partial charge in [-0.25, -0.2) is 0 Å². The van der Waals surface area contributed by atoms with E-state index >= 15 is 0 Å². The Bertz CT molecular complexity index is 719. The largest absolute Gasteiger partial charge is 0.413 e. The predicted molar refractivity (Wildman–Crippen MR) is 93.0 cm³/mol. The van der Waals surface area contributed by atoms with Crippen LogP contribution < -0.4 is 0 Å². The molecule has 0 unspecified atom stereocenters. The second-order valence-electron chi connectivity index (χ2n) is 6.25. The van der Waals surface area contributed by atoms with Crippen LogP contribution in [0, 0.1) is 0 Å². The van der Waals surface area contributed by atoms with Gasteiger partial charge in [-0.3, -0.25) is 4.18 Å². The Balaban J connectivity index is 1.94. The lowest BCUT2D eigenvalue weighted by Gasteiger charge is -2.17. The summed E-state index contributed by atoms with van der Waals surface area (Å²) in [4.78, 5) is 0.167. The van der Waals surface area contributed by atoms with Crippen LogP contribution in [-0.4, -0.2) is 16.7 Å². The summed E-state index contributed by atoms with van der Waals surface area (Å²) in [7, 11) is -5.25. The minimum Gasteiger partial charge on any atom is -0.413 e. The van der Waals surface area contributed by atoms with Crippen molar-refractivity contribution in [3.05, 3.63) is 65.7 Å². The molecule has 0 heterocycles. The smallest absolute Gasteiger partial charge is 0.297 e. The first-order valence-corrected chi connectivity index (χ1v) is 12.2. The van der Waals surface area contributed by atoms with E-state index in [-0.39, 0.29) is 11.5 Å². The van der Waals surface area contributed by atoms with Crippen LogP contribution in [0.2, 0.25) is 19.6 Å². The van der Waals surface area contributed by atoms with Crippen LogP contribution in [0.1, 0.15) is 11.1 Å². The van der Waals surface area contributed by atoms with E-state index in [4.69, 9.17) is 8.61 Å². The molecule has 0 aliphatic heterocycles. The number of benzene rings is 2. The molecule has 0 aromatic heterocycles. The maximum atomic E-state index is 12.0. The molecule has 0 radical (unpaired) electrons. The highest BCUT2D eigenvalue weighted by atomic mass is 32.2. The van der Waals surface area contributed by atoms with Crippen LogP contribution in [0.15, 0.2) is 59.5 Å². The zero-order valence-corrected chi connectivity index (χ0v) is 15.5. The van der Waals surface area contributed by atoms with Gasteiger partial charge in [-0.2, -0.15) is 8.42 Å². The highest BCUT2D eigenvalue weighted by molar-refractivity contribution is 7.86. The van der Waals surface area contributed by atoms with Gasteiger partial charge in [-0.05, 0) is 42.9 Å². The van der Waals surface area contributed by atoms with E-state index in [1.165, 1.54) is 12.1 Å². The molecule has 0 aliphatic carbocycles. The summed E-state index contributed by atoms with van der Waals surface area (Å²) in [6.07, 6.45) is 0. The van der Waals surface area contributed by atoms with E-state index in [0.29, 0.717) is 6.61 Å². The normalized spacial score (nSPS) is 12.3. The summed E-state index contributed by atoms with van der Waals surface area (Å²) in [5.74, 6) is 0. The molecule has 0 amide bonds. The van der Waals surface area contributed by atoms with E-state index < -0.39 is 18.4 Å². The Morgan fingerprint density at radius 2 is 1.35 bits per heavy atom. The maximum Gasteiger partial charge on any atom is 0.297 e. The van der Waals surface area contributed by atoms with E-state index in [0.717, 1.165) is 11.1 Å². The van der Waals surface area contributed by atoms with Gasteiger partial charge in [-0.15, -0.1) is 0 Å². The van der Waals surface area contributed by atoms with Gasteiger partial charge in [0, 0.05) is 0 Å². The van der Waals surface area contributed by atoms with Crippen molar-refractivity contribution in [1.82, 2.24) is 0 Å². The molecular weight excluding hydrogens is 328 g/mol. The molecule has 124 valence electrons. The third-order valence-corrected chi connectivity index (χ3v) is 5.40. The molecule has 0 N–H and O–H groups in total. The minimum absolute atomic E-state index is 0.0202. The Morgan fingerprint density at radius 1 is 0.826 bits per heavy atom. The molecule has 6 heteroatoms. The topological polar surface area (TPSA) is 52.6 Å². The van der Waals surface area contributed by atoms with Crippen molar-refractivity contribution >= 4 is 18.4 Å². The zero-order valence-electron chi connectivity index (χ0n) is 13.7. The summed E-state index contributed by atoms with van der Waals surface area (Å²) in [5, 5.41) is 0. The van der Waals surface area contributed by atoms with Gasteiger partial charge in [-0.1, -0.05) is 42.5 Å². The summed E-state index contributed by atoms with van der Waals surface area (Å²) < 4.78 is 35.0. The lowest BCUT2D eigenvalue weighted by atomic mass is 10.1. The Morgan fingerprint density at radius 3 is 1.87 bits per heavy atom. The Kier molecular flexibility index (Phi) is 5.75. The van der Waals surface area contributed by atoms with Crippen molar-refractivity contribution in [1.29, 1.82) is 0 Å². The zero-order chi connectivity index (χ0) is 16.9. The van der Waals surface area contributed by atoms with Crippen molar-refractivity contribution in [3.8, 4) is 0 Å². The van der Waals surface area contributed by atoms with Crippen molar-refractivity contribution in [2.75, 3.05) is 0 Å². The molecular formula is C17H22O4SSi. The molecule has 2 rings (SSSR count). The average Bonchev–Trinajstić information content (AvgIpc) is 2.52. The lowest BCUT2D eigenvalue weighted by molar-refractivity contribution is 0.298. The van der Waals surface area contributed by atoms with E-state index in [1.807, 2.05) is 24.3 Å². The molecule has 4 nitrogen and oxygen atoms in total. The van der Waals surface area contributed by atoms with Gasteiger partial charge in [0.15, 0.2) is 8.32 Å². The molecule has 0 aliphatic rings. The van der Waals surface area contributed by atoms with E-state index in [9.17, 15) is 8.42 Å². The third-order valence-electron chi connectivity index (χ3n) is 3.11. The second kappa shape index (κ2) is 7.40. The molecule has 0 fully saturated rings. The van der Waals surface area contributed by atoms with E-state index in [1.54, 1.807) is 18.2 Å². The molecule has 0 spiro atoms. The fourth-order valence-corrected chi connectivity index (χ4v) is 3.35. The second-order valence-corrected chi connectivity index (χ2v) is 12.4. The van der Waals surface area contributed by atoms with Crippen LogP contribution in [0.3, 0.4) is 0 Å². The summed E-state index contributed by atoms with van der Waals surface area (Å²) in [5.41, 5.74) is 1.88. The molecule has 0 atom stereocenters. The molecule has 2 aromatic rings. The lowest BCUT2D eigenvalue weighted by Crippen LogP contribution is -2.24. The van der Waals surface area contributed by atoms with Gasteiger partial charge >= 0.3 is 0 Å². The van der Waals surface area contributed by atoms with Gasteiger partial charge in [0.25, 0.3) is 10.1 Å². The fraction of sp³-hybridized carbons (Fsp3) is 0.294. The molecule has 23 heavy (non-hydrogen) atoms.